The van der Waals surface area contributed by atoms with Gasteiger partial charge in [-0.25, -0.2) is 0 Å². The number of hydrogen-bond acceptors (Lipinski definition) is 11. The van der Waals surface area contributed by atoms with E-state index in [1.165, 1.54) is 51.4 Å². The molecular weight excluding hydrogens is 590 g/mol. The molecule has 0 aromatic heterocycles. The van der Waals surface area contributed by atoms with Gasteiger partial charge in [0.1, 0.15) is 0 Å². The number of rotatable bonds is 33. The Hall–Kier alpha value is -0.00623. The van der Waals surface area contributed by atoms with E-state index in [0.717, 1.165) is 32.2 Å². The van der Waals surface area contributed by atoms with Crippen molar-refractivity contribution in [3.05, 3.63) is 0 Å². The van der Waals surface area contributed by atoms with Gasteiger partial charge in [-0.1, -0.05) is 64.7 Å². The molecule has 0 saturated carbocycles. The van der Waals surface area contributed by atoms with E-state index in [4.69, 9.17) is 36.0 Å². The molecular formula is C30H67NO10Si2. The molecule has 260 valence electrons. The minimum atomic E-state index is -2.61. The molecule has 2 atom stereocenters. The molecule has 2 unspecified atom stereocenters. The molecule has 0 aromatic carbocycles. The zero-order chi connectivity index (χ0) is 32.2. The monoisotopic (exact) mass is 657 g/mol. The van der Waals surface area contributed by atoms with Crippen LogP contribution in [-0.2, 0) is 36.0 Å². The number of aliphatic hydroxyl groups is 2. The van der Waals surface area contributed by atoms with Crippen LogP contribution >= 0.6 is 0 Å². The summed E-state index contributed by atoms with van der Waals surface area (Å²) in [5.74, 6) is 0. The van der Waals surface area contributed by atoms with E-state index in [2.05, 4.69) is 11.8 Å². The highest BCUT2D eigenvalue weighted by Gasteiger charge is 2.37. The summed E-state index contributed by atoms with van der Waals surface area (Å²) in [5.41, 5.74) is 0. The van der Waals surface area contributed by atoms with Crippen molar-refractivity contribution in [2.75, 3.05) is 88.7 Å². The Balaban J connectivity index is 4.57. The standard InChI is InChI=1S/C30H67NO10Si2/c1-8-9-10-11-12-13-14-15-16-17-20-31(25-29(32)27-40-21-18-23-42(34-2,35-3)36-4)26-30(33)28-41-22-19-24-43(37-5,38-6)39-7/h29-30,32-33H,8-28H2,1-7H3. The zero-order valence-electron chi connectivity index (χ0n) is 28.6. The molecule has 13 heteroatoms. The van der Waals surface area contributed by atoms with Crippen molar-refractivity contribution >= 4 is 17.6 Å². The first-order chi connectivity index (χ1) is 20.8. The van der Waals surface area contributed by atoms with Crippen molar-refractivity contribution in [1.29, 1.82) is 0 Å². The molecule has 11 nitrogen and oxygen atoms in total. The molecule has 0 saturated heterocycles. The number of unbranched alkanes of at least 4 members (excludes halogenated alkanes) is 9. The molecule has 0 aliphatic heterocycles. The summed E-state index contributed by atoms with van der Waals surface area (Å²) in [7, 11) is 4.37. The fourth-order valence-corrected chi connectivity index (χ4v) is 8.49. The number of aliphatic hydroxyl groups excluding tert-OH is 2. The lowest BCUT2D eigenvalue weighted by atomic mass is 10.1. The molecule has 0 spiro atoms. The van der Waals surface area contributed by atoms with Crippen molar-refractivity contribution < 1.29 is 46.2 Å². The summed E-state index contributed by atoms with van der Waals surface area (Å²) < 4.78 is 44.2. The average Bonchev–Trinajstić information content (AvgIpc) is 3.02. The van der Waals surface area contributed by atoms with Crippen molar-refractivity contribution in [3.63, 3.8) is 0 Å². The molecule has 0 aliphatic carbocycles. The quantitative estimate of drug-likeness (QED) is 0.0768. The van der Waals surface area contributed by atoms with Crippen LogP contribution in [0.15, 0.2) is 0 Å². The predicted octanol–water partition coefficient (Wildman–Crippen LogP) is 4.50. The average molecular weight is 658 g/mol. The fourth-order valence-electron chi connectivity index (χ4n) is 5.11. The molecule has 0 radical (unpaired) electrons. The van der Waals surface area contributed by atoms with Gasteiger partial charge in [0.05, 0.1) is 25.4 Å². The van der Waals surface area contributed by atoms with Crippen LogP contribution in [0, 0.1) is 0 Å². The smallest absolute Gasteiger partial charge is 0.389 e. The lowest BCUT2D eigenvalue weighted by Crippen LogP contribution is -2.43. The molecule has 0 fully saturated rings. The maximum absolute atomic E-state index is 10.7. The Bertz CT molecular complexity index is 549. The number of ether oxygens (including phenoxy) is 2. The third-order valence-corrected chi connectivity index (χ3v) is 13.5. The Morgan fingerprint density at radius 1 is 0.512 bits per heavy atom. The molecule has 0 aromatic rings. The largest absolute Gasteiger partial charge is 0.500 e. The minimum Gasteiger partial charge on any atom is -0.389 e. The van der Waals surface area contributed by atoms with Gasteiger partial charge in [0.15, 0.2) is 0 Å². The lowest BCUT2D eigenvalue weighted by molar-refractivity contribution is -0.0110. The van der Waals surface area contributed by atoms with Crippen LogP contribution in [0.5, 0.6) is 0 Å². The number of nitrogens with zero attached hydrogens (tertiary/aromatic N) is 1. The van der Waals surface area contributed by atoms with Crippen molar-refractivity contribution in [2.24, 2.45) is 0 Å². The third kappa shape index (κ3) is 21.4. The molecule has 0 heterocycles. The topological polar surface area (TPSA) is 118 Å². The van der Waals surface area contributed by atoms with Crippen molar-refractivity contribution in [1.82, 2.24) is 4.90 Å². The van der Waals surface area contributed by atoms with Crippen LogP contribution in [0.3, 0.4) is 0 Å². The second-order valence-corrected chi connectivity index (χ2v) is 17.4. The molecule has 0 rings (SSSR count). The van der Waals surface area contributed by atoms with Gasteiger partial charge in [-0.05, 0) is 25.8 Å². The maximum Gasteiger partial charge on any atom is 0.500 e. The highest BCUT2D eigenvalue weighted by atomic mass is 28.4. The predicted molar refractivity (Wildman–Crippen MR) is 174 cm³/mol. The van der Waals surface area contributed by atoms with Gasteiger partial charge in [-0.15, -0.1) is 0 Å². The van der Waals surface area contributed by atoms with Gasteiger partial charge in [0, 0.05) is 81.1 Å². The van der Waals surface area contributed by atoms with Crippen LogP contribution in [0.4, 0.5) is 0 Å². The van der Waals surface area contributed by atoms with E-state index in [-0.39, 0.29) is 13.2 Å². The summed E-state index contributed by atoms with van der Waals surface area (Å²) >= 11 is 0. The minimum absolute atomic E-state index is 0.229. The molecule has 0 amide bonds. The maximum atomic E-state index is 10.7. The van der Waals surface area contributed by atoms with Crippen LogP contribution in [0.1, 0.15) is 84.0 Å². The van der Waals surface area contributed by atoms with Gasteiger partial charge in [0.2, 0.25) is 0 Å². The van der Waals surface area contributed by atoms with Gasteiger partial charge in [-0.2, -0.15) is 0 Å². The Kier molecular flexibility index (Phi) is 28.2. The van der Waals surface area contributed by atoms with Crippen LogP contribution in [0.25, 0.3) is 0 Å². The SMILES string of the molecule is CCCCCCCCCCCCN(CC(O)COCCC[Si](OC)(OC)OC)CC(O)COCCC[Si](OC)(OC)OC. The second kappa shape index (κ2) is 28.2. The van der Waals surface area contributed by atoms with Gasteiger partial charge >= 0.3 is 17.6 Å². The van der Waals surface area contributed by atoms with E-state index in [1.807, 2.05) is 0 Å². The summed E-state index contributed by atoms with van der Waals surface area (Å²) in [6.07, 6.45) is 12.8. The van der Waals surface area contributed by atoms with Crippen LogP contribution in [-0.4, -0.2) is 134 Å². The van der Waals surface area contributed by atoms with Crippen LogP contribution in [0.2, 0.25) is 12.1 Å². The van der Waals surface area contributed by atoms with Gasteiger partial charge in [-0.3, -0.25) is 4.90 Å². The van der Waals surface area contributed by atoms with Crippen LogP contribution < -0.4 is 0 Å². The summed E-state index contributed by atoms with van der Waals surface area (Å²) in [6.45, 7) is 5.36. The molecule has 43 heavy (non-hydrogen) atoms. The Morgan fingerprint density at radius 2 is 0.860 bits per heavy atom. The van der Waals surface area contributed by atoms with Crippen molar-refractivity contribution in [3.8, 4) is 0 Å². The van der Waals surface area contributed by atoms with E-state index in [1.54, 1.807) is 42.7 Å². The van der Waals surface area contributed by atoms with Gasteiger partial charge < -0.3 is 46.2 Å². The summed E-state index contributed by atoms with van der Waals surface area (Å²) in [4.78, 5) is 2.13. The summed E-state index contributed by atoms with van der Waals surface area (Å²) in [5, 5.41) is 21.4. The first-order valence-electron chi connectivity index (χ1n) is 16.3. The first-order valence-corrected chi connectivity index (χ1v) is 20.2. The summed E-state index contributed by atoms with van der Waals surface area (Å²) in [6, 6.07) is 1.30. The lowest BCUT2D eigenvalue weighted by Gasteiger charge is -2.27. The second-order valence-electron chi connectivity index (χ2n) is 11.2. The van der Waals surface area contributed by atoms with E-state index in [0.29, 0.717) is 38.4 Å². The highest BCUT2D eigenvalue weighted by molar-refractivity contribution is 6.60. The Morgan fingerprint density at radius 3 is 1.21 bits per heavy atom. The van der Waals surface area contributed by atoms with Gasteiger partial charge in [0.25, 0.3) is 0 Å². The molecule has 0 bridgehead atoms. The van der Waals surface area contributed by atoms with E-state index >= 15 is 0 Å². The third-order valence-electron chi connectivity index (χ3n) is 7.80. The van der Waals surface area contributed by atoms with Crippen molar-refractivity contribution in [2.45, 2.75) is 108 Å². The fraction of sp³-hybridized carbons (Fsp3) is 1.00. The van der Waals surface area contributed by atoms with E-state index in [9.17, 15) is 10.2 Å². The zero-order valence-corrected chi connectivity index (χ0v) is 30.6. The number of hydrogen-bond donors (Lipinski definition) is 2. The highest BCUT2D eigenvalue weighted by Crippen LogP contribution is 2.16. The van der Waals surface area contributed by atoms with E-state index < -0.39 is 29.8 Å². The normalized spacial score (nSPS) is 14.1. The first kappa shape index (κ1) is 43.0. The Labute approximate surface area is 265 Å². The molecule has 0 aliphatic rings. The molecule has 2 N–H and O–H groups in total.